The molecule has 1 aliphatic rings. The molecule has 0 aliphatic carbocycles. The number of nitrogens with two attached hydrogens (primary N) is 1. The topological polar surface area (TPSA) is 64.4 Å². The minimum Gasteiger partial charge on any atom is -0.493 e. The van der Waals surface area contributed by atoms with Gasteiger partial charge in [-0.25, -0.2) is 0 Å². The molecule has 1 aromatic rings. The Bertz CT molecular complexity index is 481. The van der Waals surface area contributed by atoms with Crippen molar-refractivity contribution in [1.29, 1.82) is 0 Å². The Morgan fingerprint density at radius 2 is 2.05 bits per heavy atom. The van der Waals surface area contributed by atoms with Crippen molar-refractivity contribution >= 4 is 18.3 Å². The number of ether oxygens (including phenoxy) is 1. The standard InChI is InChI=1S/C17H26N2O2.ClH/c1-3-17(4-2,12-18)16(20)19-14-9-7-11-21-15-10-6-5-8-13(14)15;/h5-6,8,10,14H,3-4,7,9,11-12,18H2,1-2H3,(H,19,20);1H. The minimum atomic E-state index is -0.456. The van der Waals surface area contributed by atoms with Crippen molar-refractivity contribution in [1.82, 2.24) is 5.32 Å². The summed E-state index contributed by atoms with van der Waals surface area (Å²) in [5.74, 6) is 0.948. The van der Waals surface area contributed by atoms with E-state index in [-0.39, 0.29) is 24.4 Å². The second-order valence-electron chi connectivity index (χ2n) is 5.75. The zero-order chi connectivity index (χ0) is 15.3. The molecule has 1 atom stereocenters. The first-order chi connectivity index (χ1) is 10.2. The Hall–Kier alpha value is -1.26. The van der Waals surface area contributed by atoms with Crippen molar-refractivity contribution in [3.05, 3.63) is 29.8 Å². The van der Waals surface area contributed by atoms with Crippen molar-refractivity contribution in [3.8, 4) is 5.75 Å². The molecule has 3 N–H and O–H groups in total. The number of carbonyl (C=O) groups is 1. The van der Waals surface area contributed by atoms with Gasteiger partial charge >= 0.3 is 0 Å². The molecule has 22 heavy (non-hydrogen) atoms. The Balaban J connectivity index is 0.00000242. The maximum atomic E-state index is 12.7. The third kappa shape index (κ3) is 3.73. The van der Waals surface area contributed by atoms with Gasteiger partial charge < -0.3 is 15.8 Å². The molecule has 0 radical (unpaired) electrons. The molecule has 0 aromatic heterocycles. The van der Waals surface area contributed by atoms with E-state index in [1.807, 2.05) is 38.1 Å². The van der Waals surface area contributed by atoms with Gasteiger partial charge in [-0.1, -0.05) is 32.0 Å². The molecular formula is C17H27ClN2O2. The van der Waals surface area contributed by atoms with Crippen LogP contribution >= 0.6 is 12.4 Å². The highest BCUT2D eigenvalue weighted by atomic mass is 35.5. The third-order valence-corrected chi connectivity index (χ3v) is 4.72. The number of hydrogen-bond donors (Lipinski definition) is 2. The average molecular weight is 327 g/mol. The third-order valence-electron chi connectivity index (χ3n) is 4.72. The van der Waals surface area contributed by atoms with Crippen LogP contribution in [0.1, 0.15) is 51.1 Å². The Morgan fingerprint density at radius 1 is 1.36 bits per heavy atom. The summed E-state index contributed by atoms with van der Waals surface area (Å²) in [6, 6.07) is 7.97. The lowest BCUT2D eigenvalue weighted by Gasteiger charge is -2.31. The zero-order valence-electron chi connectivity index (χ0n) is 13.4. The highest BCUT2D eigenvalue weighted by Crippen LogP contribution is 2.33. The summed E-state index contributed by atoms with van der Waals surface area (Å²) in [5, 5.41) is 3.21. The van der Waals surface area contributed by atoms with Gasteiger partial charge in [0.1, 0.15) is 5.75 Å². The van der Waals surface area contributed by atoms with E-state index in [0.29, 0.717) is 13.2 Å². The van der Waals surface area contributed by atoms with E-state index >= 15 is 0 Å². The van der Waals surface area contributed by atoms with Gasteiger partial charge in [-0.2, -0.15) is 0 Å². The molecule has 0 spiro atoms. The molecule has 0 saturated heterocycles. The summed E-state index contributed by atoms with van der Waals surface area (Å²) >= 11 is 0. The van der Waals surface area contributed by atoms with E-state index in [4.69, 9.17) is 10.5 Å². The first kappa shape index (κ1) is 18.8. The number of benzene rings is 1. The van der Waals surface area contributed by atoms with Crippen LogP contribution in [0.5, 0.6) is 5.75 Å². The first-order valence-corrected chi connectivity index (χ1v) is 7.89. The van der Waals surface area contributed by atoms with Crippen LogP contribution in [0.25, 0.3) is 0 Å². The van der Waals surface area contributed by atoms with Gasteiger partial charge in [0.2, 0.25) is 5.91 Å². The van der Waals surface area contributed by atoms with Crippen LogP contribution in [0.4, 0.5) is 0 Å². The maximum absolute atomic E-state index is 12.7. The molecule has 5 heteroatoms. The Labute approximate surface area is 139 Å². The van der Waals surface area contributed by atoms with Crippen LogP contribution in [-0.4, -0.2) is 19.1 Å². The maximum Gasteiger partial charge on any atom is 0.227 e. The molecule has 1 aromatic carbocycles. The lowest BCUT2D eigenvalue weighted by atomic mass is 9.81. The number of hydrogen-bond acceptors (Lipinski definition) is 3. The van der Waals surface area contributed by atoms with Gasteiger partial charge in [0.05, 0.1) is 18.1 Å². The molecule has 4 nitrogen and oxygen atoms in total. The summed E-state index contributed by atoms with van der Waals surface area (Å²) < 4.78 is 5.75. The molecule has 0 saturated carbocycles. The molecule has 1 aliphatic heterocycles. The van der Waals surface area contributed by atoms with Gasteiger partial charge in [-0.15, -0.1) is 12.4 Å². The fourth-order valence-corrected chi connectivity index (χ4v) is 2.94. The van der Waals surface area contributed by atoms with E-state index in [1.165, 1.54) is 0 Å². The van der Waals surface area contributed by atoms with Crippen molar-refractivity contribution < 1.29 is 9.53 Å². The van der Waals surface area contributed by atoms with Crippen LogP contribution in [-0.2, 0) is 4.79 Å². The zero-order valence-corrected chi connectivity index (χ0v) is 14.2. The van der Waals surface area contributed by atoms with Crippen LogP contribution in [0, 0.1) is 5.41 Å². The van der Waals surface area contributed by atoms with Crippen LogP contribution in [0.3, 0.4) is 0 Å². The van der Waals surface area contributed by atoms with Gasteiger partial charge in [0.15, 0.2) is 0 Å². The summed E-state index contributed by atoms with van der Waals surface area (Å²) in [6.45, 7) is 5.14. The normalized spacial score (nSPS) is 17.5. The number of nitrogens with one attached hydrogen (secondary N) is 1. The number of carbonyl (C=O) groups excluding carboxylic acids is 1. The lowest BCUT2D eigenvalue weighted by Crippen LogP contribution is -2.46. The predicted octanol–water partition coefficient (Wildman–Crippen LogP) is 3.20. The lowest BCUT2D eigenvalue weighted by molar-refractivity contribution is -0.131. The SMILES string of the molecule is CCC(CC)(CN)C(=O)NC1CCCOc2ccccc21.Cl. The van der Waals surface area contributed by atoms with Gasteiger partial charge in [0.25, 0.3) is 0 Å². The number of amides is 1. The summed E-state index contributed by atoms with van der Waals surface area (Å²) in [7, 11) is 0. The number of rotatable bonds is 5. The molecule has 1 unspecified atom stereocenters. The fraction of sp³-hybridized carbons (Fsp3) is 0.588. The highest BCUT2D eigenvalue weighted by Gasteiger charge is 2.35. The quantitative estimate of drug-likeness (QED) is 0.873. The monoisotopic (exact) mass is 326 g/mol. The van der Waals surface area contributed by atoms with Crippen LogP contribution < -0.4 is 15.8 Å². The largest absolute Gasteiger partial charge is 0.493 e. The van der Waals surface area contributed by atoms with Gasteiger partial charge in [-0.05, 0) is 31.7 Å². The smallest absolute Gasteiger partial charge is 0.227 e. The number of halogens is 1. The molecule has 0 fully saturated rings. The summed E-state index contributed by atoms with van der Waals surface area (Å²) in [6.07, 6.45) is 3.36. The second kappa shape index (κ2) is 8.39. The Morgan fingerprint density at radius 3 is 2.68 bits per heavy atom. The summed E-state index contributed by atoms with van der Waals surface area (Å²) in [4.78, 5) is 12.7. The minimum absolute atomic E-state index is 0. The average Bonchev–Trinajstić information content (AvgIpc) is 2.72. The molecule has 1 amide bonds. The Kier molecular flexibility index (Phi) is 7.17. The molecular weight excluding hydrogens is 300 g/mol. The van der Waals surface area contributed by atoms with Crippen molar-refractivity contribution in [2.45, 2.75) is 45.6 Å². The first-order valence-electron chi connectivity index (χ1n) is 7.89. The van der Waals surface area contributed by atoms with E-state index < -0.39 is 5.41 Å². The van der Waals surface area contributed by atoms with Gasteiger partial charge in [0, 0.05) is 12.1 Å². The predicted molar refractivity (Wildman–Crippen MR) is 91.4 cm³/mol. The van der Waals surface area contributed by atoms with E-state index in [1.54, 1.807) is 0 Å². The summed E-state index contributed by atoms with van der Waals surface area (Å²) in [5.41, 5.74) is 6.49. The molecule has 1 heterocycles. The van der Waals surface area contributed by atoms with Gasteiger partial charge in [-0.3, -0.25) is 4.79 Å². The van der Waals surface area contributed by atoms with Crippen LogP contribution in [0.15, 0.2) is 24.3 Å². The van der Waals surface area contributed by atoms with Crippen molar-refractivity contribution in [2.75, 3.05) is 13.2 Å². The second-order valence-corrected chi connectivity index (χ2v) is 5.75. The van der Waals surface area contributed by atoms with Crippen molar-refractivity contribution in [3.63, 3.8) is 0 Å². The molecule has 0 bridgehead atoms. The van der Waals surface area contributed by atoms with Crippen LogP contribution in [0.2, 0.25) is 0 Å². The van der Waals surface area contributed by atoms with E-state index in [9.17, 15) is 4.79 Å². The molecule has 2 rings (SSSR count). The van der Waals surface area contributed by atoms with Crippen molar-refractivity contribution in [2.24, 2.45) is 11.1 Å². The number of para-hydroxylation sites is 1. The fourth-order valence-electron chi connectivity index (χ4n) is 2.94. The highest BCUT2D eigenvalue weighted by molar-refractivity contribution is 5.85. The van der Waals surface area contributed by atoms with E-state index in [0.717, 1.165) is 37.0 Å². The number of fused-ring (bicyclic) bond motifs is 1. The van der Waals surface area contributed by atoms with E-state index in [2.05, 4.69) is 5.32 Å². The molecule has 124 valence electrons.